The number of nitrogens with two attached hydrogens (primary N) is 1. The van der Waals surface area contributed by atoms with E-state index in [9.17, 15) is 18.0 Å². The number of rotatable bonds is 6. The number of carbonyl (C=O) groups is 1. The van der Waals surface area contributed by atoms with Gasteiger partial charge in [-0.25, -0.2) is 0 Å². The van der Waals surface area contributed by atoms with E-state index < -0.39 is 18.6 Å². The highest BCUT2D eigenvalue weighted by atomic mass is 19.4. The van der Waals surface area contributed by atoms with Crippen LogP contribution in [0.5, 0.6) is 5.75 Å². The summed E-state index contributed by atoms with van der Waals surface area (Å²) in [4.78, 5) is 12.9. The first-order valence-electron chi connectivity index (χ1n) is 6.66. The van der Waals surface area contributed by atoms with Crippen LogP contribution in [0.3, 0.4) is 0 Å². The van der Waals surface area contributed by atoms with Crippen molar-refractivity contribution in [1.82, 2.24) is 4.90 Å². The third kappa shape index (κ3) is 5.17. The van der Waals surface area contributed by atoms with Gasteiger partial charge < -0.3 is 15.4 Å². The van der Waals surface area contributed by atoms with Crippen LogP contribution < -0.4 is 10.5 Å². The second-order valence-electron chi connectivity index (χ2n) is 4.53. The molecule has 118 valence electrons. The minimum absolute atomic E-state index is 0.0332. The van der Waals surface area contributed by atoms with Crippen LogP contribution in [0.25, 0.3) is 0 Å². The third-order valence-corrected chi connectivity index (χ3v) is 2.71. The van der Waals surface area contributed by atoms with E-state index in [1.54, 1.807) is 13.8 Å². The summed E-state index contributed by atoms with van der Waals surface area (Å²) < 4.78 is 42.8. The zero-order chi connectivity index (χ0) is 16.0. The lowest BCUT2D eigenvalue weighted by atomic mass is 10.1. The van der Waals surface area contributed by atoms with E-state index in [4.69, 9.17) is 10.5 Å². The van der Waals surface area contributed by atoms with Gasteiger partial charge in [0.2, 0.25) is 0 Å². The summed E-state index contributed by atoms with van der Waals surface area (Å²) in [6.45, 7) is 2.67. The van der Waals surface area contributed by atoms with Crippen LogP contribution in [0.15, 0.2) is 18.2 Å². The quantitative estimate of drug-likeness (QED) is 0.822. The molecule has 0 heterocycles. The summed E-state index contributed by atoms with van der Waals surface area (Å²) in [5, 5.41) is 0. The van der Waals surface area contributed by atoms with Gasteiger partial charge >= 0.3 is 6.18 Å². The molecular formula is C14H19F3N2O2. The molecule has 0 aliphatic carbocycles. The molecule has 0 radical (unpaired) electrons. The second-order valence-corrected chi connectivity index (χ2v) is 4.53. The topological polar surface area (TPSA) is 55.6 Å². The Morgan fingerprint density at radius 1 is 1.33 bits per heavy atom. The number of anilines is 1. The fraction of sp³-hybridized carbons (Fsp3) is 0.500. The number of nitrogens with zero attached hydrogens (tertiary/aromatic N) is 1. The summed E-state index contributed by atoms with van der Waals surface area (Å²) in [6, 6.07) is 4.25. The first-order chi connectivity index (χ1) is 9.78. The lowest BCUT2D eigenvalue weighted by molar-refractivity contribution is -0.140. The van der Waals surface area contributed by atoms with E-state index in [0.29, 0.717) is 18.8 Å². The van der Waals surface area contributed by atoms with E-state index in [2.05, 4.69) is 0 Å². The molecule has 0 saturated heterocycles. The Morgan fingerprint density at radius 2 is 2.00 bits per heavy atom. The van der Waals surface area contributed by atoms with Crippen LogP contribution in [0.4, 0.5) is 18.9 Å². The first-order valence-corrected chi connectivity index (χ1v) is 6.66. The van der Waals surface area contributed by atoms with Gasteiger partial charge in [-0.1, -0.05) is 6.92 Å². The smallest absolute Gasteiger partial charge is 0.406 e. The van der Waals surface area contributed by atoms with Gasteiger partial charge in [0.05, 0.1) is 12.3 Å². The molecule has 4 nitrogen and oxygen atoms in total. The van der Waals surface area contributed by atoms with Gasteiger partial charge in [0.15, 0.2) is 0 Å². The molecule has 1 amide bonds. The van der Waals surface area contributed by atoms with Gasteiger partial charge in [0, 0.05) is 12.1 Å². The predicted molar refractivity (Wildman–Crippen MR) is 74.3 cm³/mol. The fourth-order valence-corrected chi connectivity index (χ4v) is 1.89. The summed E-state index contributed by atoms with van der Waals surface area (Å²) in [5.41, 5.74) is 6.08. The maximum absolute atomic E-state index is 12.5. The Labute approximate surface area is 121 Å². The minimum Gasteiger partial charge on any atom is -0.492 e. The molecule has 0 fully saturated rings. The Balaban J connectivity index is 2.95. The van der Waals surface area contributed by atoms with Crippen molar-refractivity contribution < 1.29 is 22.7 Å². The summed E-state index contributed by atoms with van der Waals surface area (Å²) >= 11 is 0. The molecule has 0 aromatic heterocycles. The Morgan fingerprint density at radius 3 is 2.48 bits per heavy atom. The Hall–Kier alpha value is -1.92. The fourth-order valence-electron chi connectivity index (χ4n) is 1.89. The van der Waals surface area contributed by atoms with Gasteiger partial charge in [-0.15, -0.1) is 0 Å². The van der Waals surface area contributed by atoms with Crippen molar-refractivity contribution in [3.8, 4) is 5.75 Å². The van der Waals surface area contributed by atoms with Crippen LogP contribution in [0.1, 0.15) is 30.6 Å². The van der Waals surface area contributed by atoms with Crippen molar-refractivity contribution in [3.05, 3.63) is 23.8 Å². The van der Waals surface area contributed by atoms with Crippen LogP contribution in [0, 0.1) is 0 Å². The number of amides is 1. The molecule has 0 unspecified atom stereocenters. The molecular weight excluding hydrogens is 285 g/mol. The molecule has 21 heavy (non-hydrogen) atoms. The molecule has 1 rings (SSSR count). The number of alkyl halides is 3. The van der Waals surface area contributed by atoms with Crippen molar-refractivity contribution in [3.63, 3.8) is 0 Å². The maximum Gasteiger partial charge on any atom is 0.406 e. The molecule has 1 aromatic rings. The Bertz CT molecular complexity index is 490. The average Bonchev–Trinajstić information content (AvgIpc) is 2.38. The SMILES string of the molecule is CCCN(CC(F)(F)F)C(=O)c1ccc(OCC)c(N)c1. The van der Waals surface area contributed by atoms with Gasteiger partial charge in [0.25, 0.3) is 5.91 Å². The highest BCUT2D eigenvalue weighted by molar-refractivity contribution is 5.95. The Kier molecular flexibility index (Phi) is 5.87. The molecule has 0 aliphatic rings. The highest BCUT2D eigenvalue weighted by Crippen LogP contribution is 2.24. The maximum atomic E-state index is 12.5. The van der Waals surface area contributed by atoms with E-state index >= 15 is 0 Å². The number of ether oxygens (including phenoxy) is 1. The third-order valence-electron chi connectivity index (χ3n) is 2.71. The lowest BCUT2D eigenvalue weighted by Crippen LogP contribution is -2.39. The van der Waals surface area contributed by atoms with Crippen molar-refractivity contribution in [2.75, 3.05) is 25.4 Å². The number of benzene rings is 1. The summed E-state index contributed by atoms with van der Waals surface area (Å²) in [6.07, 6.45) is -3.99. The number of nitrogen functional groups attached to an aromatic ring is 1. The number of hydrogen-bond donors (Lipinski definition) is 1. The second kappa shape index (κ2) is 7.19. The molecule has 0 saturated carbocycles. The molecule has 2 N–H and O–H groups in total. The highest BCUT2D eigenvalue weighted by Gasteiger charge is 2.33. The molecule has 0 bridgehead atoms. The molecule has 0 spiro atoms. The minimum atomic E-state index is -4.43. The van der Waals surface area contributed by atoms with E-state index in [1.165, 1.54) is 18.2 Å². The van der Waals surface area contributed by atoms with Gasteiger partial charge in [0.1, 0.15) is 12.3 Å². The van der Waals surface area contributed by atoms with E-state index in [1.807, 2.05) is 0 Å². The normalized spacial score (nSPS) is 11.3. The van der Waals surface area contributed by atoms with Gasteiger partial charge in [-0.2, -0.15) is 13.2 Å². The lowest BCUT2D eigenvalue weighted by Gasteiger charge is -2.23. The predicted octanol–water partition coefficient (Wildman–Crippen LogP) is 3.08. The summed E-state index contributed by atoms with van der Waals surface area (Å²) in [5.74, 6) is -0.282. The average molecular weight is 304 g/mol. The van der Waals surface area contributed by atoms with E-state index in [0.717, 1.165) is 4.90 Å². The number of hydrogen-bond acceptors (Lipinski definition) is 3. The van der Waals surface area contributed by atoms with Crippen molar-refractivity contribution >= 4 is 11.6 Å². The molecule has 0 aliphatic heterocycles. The zero-order valence-electron chi connectivity index (χ0n) is 12.0. The standard InChI is InChI=1S/C14H19F3N2O2/c1-3-7-19(9-14(15,16)17)13(20)10-5-6-12(21-4-2)11(18)8-10/h5-6,8H,3-4,7,9,18H2,1-2H3. The molecule has 1 aromatic carbocycles. The van der Waals surface area contributed by atoms with Crippen molar-refractivity contribution in [2.24, 2.45) is 0 Å². The van der Waals surface area contributed by atoms with Crippen LogP contribution >= 0.6 is 0 Å². The molecule has 7 heteroatoms. The van der Waals surface area contributed by atoms with Crippen LogP contribution in [-0.2, 0) is 0 Å². The van der Waals surface area contributed by atoms with Crippen LogP contribution in [-0.4, -0.2) is 36.7 Å². The first kappa shape index (κ1) is 17.1. The number of halogens is 3. The number of carbonyl (C=O) groups excluding carboxylic acids is 1. The molecule has 0 atom stereocenters. The monoisotopic (exact) mass is 304 g/mol. The van der Waals surface area contributed by atoms with Crippen molar-refractivity contribution in [2.45, 2.75) is 26.4 Å². The van der Waals surface area contributed by atoms with Gasteiger partial charge in [-0.05, 0) is 31.5 Å². The summed E-state index contributed by atoms with van der Waals surface area (Å²) in [7, 11) is 0. The largest absolute Gasteiger partial charge is 0.492 e. The van der Waals surface area contributed by atoms with Gasteiger partial charge in [-0.3, -0.25) is 4.79 Å². The van der Waals surface area contributed by atoms with E-state index in [-0.39, 0.29) is 17.8 Å². The zero-order valence-corrected chi connectivity index (χ0v) is 12.0. The van der Waals surface area contributed by atoms with Crippen molar-refractivity contribution in [1.29, 1.82) is 0 Å². The van der Waals surface area contributed by atoms with Crippen LogP contribution in [0.2, 0.25) is 0 Å².